The van der Waals surface area contributed by atoms with Gasteiger partial charge in [-0.15, -0.1) is 0 Å². The molecule has 1 N–H and O–H groups in total. The highest BCUT2D eigenvalue weighted by Crippen LogP contribution is 2.45. The van der Waals surface area contributed by atoms with Crippen LogP contribution in [0.5, 0.6) is 0 Å². The lowest BCUT2D eigenvalue weighted by molar-refractivity contribution is -0.118. The number of aliphatic hydroxyl groups excluding tert-OH is 1. The first-order chi connectivity index (χ1) is 8.29. The maximum absolute atomic E-state index is 12.3. The minimum absolute atomic E-state index is 0.0407. The molecule has 0 aromatic heterocycles. The molecule has 0 spiro atoms. The highest BCUT2D eigenvalue weighted by atomic mass is 16.3. The first-order valence-corrected chi connectivity index (χ1v) is 6.32. The van der Waals surface area contributed by atoms with Crippen molar-refractivity contribution < 1.29 is 9.90 Å². The standard InChI is InChI=1S/C15H16O2/c16-14-11-8-4-5-9-12(11)15(17)13(14)10-6-2-1-3-7-10/h1-3,6-7,11-12,16H,4-5,8-9H2. The van der Waals surface area contributed by atoms with Crippen molar-refractivity contribution in [2.45, 2.75) is 25.7 Å². The van der Waals surface area contributed by atoms with Crippen LogP contribution >= 0.6 is 0 Å². The number of ketones is 1. The molecule has 88 valence electrons. The van der Waals surface area contributed by atoms with E-state index in [2.05, 4.69) is 0 Å². The SMILES string of the molecule is O=C1C(c2ccccc2)=C(O)C2CCCCC12. The number of allylic oxidation sites excluding steroid dienone is 2. The Hall–Kier alpha value is -1.57. The third-order valence-corrected chi connectivity index (χ3v) is 4.02. The van der Waals surface area contributed by atoms with Crippen LogP contribution in [0.25, 0.3) is 5.57 Å². The average molecular weight is 228 g/mol. The highest BCUT2D eigenvalue weighted by Gasteiger charge is 2.43. The third-order valence-electron chi connectivity index (χ3n) is 4.02. The maximum atomic E-state index is 12.3. The fourth-order valence-corrected chi connectivity index (χ4v) is 3.16. The van der Waals surface area contributed by atoms with Crippen molar-refractivity contribution in [3.8, 4) is 0 Å². The van der Waals surface area contributed by atoms with Gasteiger partial charge in [0.1, 0.15) is 5.76 Å². The molecule has 2 nitrogen and oxygen atoms in total. The largest absolute Gasteiger partial charge is 0.511 e. The Bertz CT molecular complexity index is 473. The maximum Gasteiger partial charge on any atom is 0.170 e. The van der Waals surface area contributed by atoms with Gasteiger partial charge in [0.05, 0.1) is 5.57 Å². The van der Waals surface area contributed by atoms with E-state index < -0.39 is 0 Å². The average Bonchev–Trinajstić information content (AvgIpc) is 2.64. The van der Waals surface area contributed by atoms with Gasteiger partial charge < -0.3 is 5.11 Å². The monoisotopic (exact) mass is 228 g/mol. The van der Waals surface area contributed by atoms with E-state index in [9.17, 15) is 9.90 Å². The molecule has 3 rings (SSSR count). The van der Waals surface area contributed by atoms with Gasteiger partial charge in [-0.05, 0) is 18.4 Å². The van der Waals surface area contributed by atoms with Gasteiger partial charge in [0.2, 0.25) is 0 Å². The van der Waals surface area contributed by atoms with Crippen molar-refractivity contribution in [1.82, 2.24) is 0 Å². The van der Waals surface area contributed by atoms with E-state index in [4.69, 9.17) is 0 Å². The van der Waals surface area contributed by atoms with Gasteiger partial charge in [-0.2, -0.15) is 0 Å². The van der Waals surface area contributed by atoms with E-state index in [-0.39, 0.29) is 17.6 Å². The van der Waals surface area contributed by atoms with Crippen LogP contribution in [0, 0.1) is 11.8 Å². The third kappa shape index (κ3) is 1.59. The second kappa shape index (κ2) is 4.02. The van der Waals surface area contributed by atoms with Crippen LogP contribution in [-0.4, -0.2) is 10.9 Å². The number of Topliss-reactive ketones (excluding diaryl/α,β-unsaturated/α-hetero) is 1. The lowest BCUT2D eigenvalue weighted by atomic mass is 9.80. The van der Waals surface area contributed by atoms with Gasteiger partial charge in [0, 0.05) is 11.8 Å². The van der Waals surface area contributed by atoms with Crippen LogP contribution in [-0.2, 0) is 4.79 Å². The van der Waals surface area contributed by atoms with Crippen LogP contribution in [0.3, 0.4) is 0 Å². The molecule has 0 saturated heterocycles. The molecule has 2 heteroatoms. The number of carbonyl (C=O) groups excluding carboxylic acids is 1. The molecule has 1 fully saturated rings. The summed E-state index contributed by atoms with van der Waals surface area (Å²) in [4.78, 5) is 12.3. The molecule has 0 heterocycles. The van der Waals surface area contributed by atoms with Crippen molar-refractivity contribution in [3.05, 3.63) is 41.7 Å². The predicted molar refractivity (Wildman–Crippen MR) is 66.4 cm³/mol. The summed E-state index contributed by atoms with van der Waals surface area (Å²) < 4.78 is 0. The van der Waals surface area contributed by atoms with Crippen molar-refractivity contribution in [1.29, 1.82) is 0 Å². The summed E-state index contributed by atoms with van der Waals surface area (Å²) in [6, 6.07) is 9.55. The molecule has 2 unspecified atom stereocenters. The van der Waals surface area contributed by atoms with E-state index in [1.54, 1.807) is 0 Å². The Balaban J connectivity index is 2.04. The van der Waals surface area contributed by atoms with Crippen LogP contribution in [0.4, 0.5) is 0 Å². The number of hydrogen-bond donors (Lipinski definition) is 1. The molecule has 1 saturated carbocycles. The summed E-state index contributed by atoms with van der Waals surface area (Å²) in [7, 11) is 0. The molecule has 2 aliphatic rings. The molecule has 17 heavy (non-hydrogen) atoms. The normalized spacial score (nSPS) is 28.4. The van der Waals surface area contributed by atoms with E-state index in [0.717, 1.165) is 31.2 Å². The highest BCUT2D eigenvalue weighted by molar-refractivity contribution is 6.24. The second-order valence-corrected chi connectivity index (χ2v) is 4.99. The van der Waals surface area contributed by atoms with Crippen molar-refractivity contribution in [3.63, 3.8) is 0 Å². The van der Waals surface area contributed by atoms with E-state index in [0.29, 0.717) is 11.3 Å². The van der Waals surface area contributed by atoms with Gasteiger partial charge in [-0.3, -0.25) is 4.79 Å². The first kappa shape index (κ1) is 10.6. The molecule has 0 bridgehead atoms. The number of carbonyl (C=O) groups is 1. The van der Waals surface area contributed by atoms with Crippen molar-refractivity contribution >= 4 is 11.4 Å². The zero-order chi connectivity index (χ0) is 11.8. The summed E-state index contributed by atoms with van der Waals surface area (Å²) in [6.07, 6.45) is 4.13. The fourth-order valence-electron chi connectivity index (χ4n) is 3.16. The molecule has 1 aromatic rings. The Morgan fingerprint density at radius 2 is 1.65 bits per heavy atom. The lowest BCUT2D eigenvalue weighted by Crippen LogP contribution is -2.21. The molecule has 0 amide bonds. The lowest BCUT2D eigenvalue weighted by Gasteiger charge is -2.23. The molecule has 2 atom stereocenters. The number of hydrogen-bond acceptors (Lipinski definition) is 2. The number of aliphatic hydroxyl groups is 1. The van der Waals surface area contributed by atoms with Gasteiger partial charge in [0.25, 0.3) is 0 Å². The van der Waals surface area contributed by atoms with Gasteiger partial charge >= 0.3 is 0 Å². The Morgan fingerprint density at radius 1 is 1.00 bits per heavy atom. The number of benzene rings is 1. The topological polar surface area (TPSA) is 37.3 Å². The van der Waals surface area contributed by atoms with E-state index in [1.807, 2.05) is 30.3 Å². The van der Waals surface area contributed by atoms with Gasteiger partial charge in [-0.25, -0.2) is 0 Å². The summed E-state index contributed by atoms with van der Waals surface area (Å²) in [5.41, 5.74) is 1.44. The quantitative estimate of drug-likeness (QED) is 0.800. The molecular weight excluding hydrogens is 212 g/mol. The van der Waals surface area contributed by atoms with Crippen molar-refractivity contribution in [2.24, 2.45) is 11.8 Å². The zero-order valence-electron chi connectivity index (χ0n) is 9.73. The number of fused-ring (bicyclic) bond motifs is 1. The van der Waals surface area contributed by atoms with Crippen LogP contribution in [0.2, 0.25) is 0 Å². The molecule has 0 aliphatic heterocycles. The summed E-state index contributed by atoms with van der Waals surface area (Å²) in [6.45, 7) is 0. The Kier molecular flexibility index (Phi) is 2.50. The van der Waals surface area contributed by atoms with E-state index >= 15 is 0 Å². The fraction of sp³-hybridized carbons (Fsp3) is 0.400. The predicted octanol–water partition coefficient (Wildman–Crippen LogP) is 3.34. The summed E-state index contributed by atoms with van der Waals surface area (Å²) in [5.74, 6) is 0.620. The first-order valence-electron chi connectivity index (χ1n) is 6.32. The molecular formula is C15H16O2. The molecule has 1 aromatic carbocycles. The van der Waals surface area contributed by atoms with Gasteiger partial charge in [-0.1, -0.05) is 43.2 Å². The molecule has 2 aliphatic carbocycles. The zero-order valence-corrected chi connectivity index (χ0v) is 9.73. The summed E-state index contributed by atoms with van der Waals surface area (Å²) in [5, 5.41) is 10.3. The summed E-state index contributed by atoms with van der Waals surface area (Å²) >= 11 is 0. The van der Waals surface area contributed by atoms with Gasteiger partial charge in [0.15, 0.2) is 5.78 Å². The van der Waals surface area contributed by atoms with Crippen LogP contribution in [0.1, 0.15) is 31.2 Å². The smallest absolute Gasteiger partial charge is 0.170 e. The minimum atomic E-state index is 0.0407. The van der Waals surface area contributed by atoms with E-state index in [1.165, 1.54) is 0 Å². The number of rotatable bonds is 1. The molecule has 0 radical (unpaired) electrons. The Labute approximate surface area is 101 Å². The van der Waals surface area contributed by atoms with Crippen molar-refractivity contribution in [2.75, 3.05) is 0 Å². The minimum Gasteiger partial charge on any atom is -0.511 e. The van der Waals surface area contributed by atoms with Crippen LogP contribution in [0.15, 0.2) is 36.1 Å². The second-order valence-electron chi connectivity index (χ2n) is 4.99. The Morgan fingerprint density at radius 3 is 2.29 bits per heavy atom. The van der Waals surface area contributed by atoms with Crippen LogP contribution < -0.4 is 0 Å².